The number of oxime groups is 1. The Balaban J connectivity index is 1.74. The van der Waals surface area contributed by atoms with Crippen LogP contribution >= 0.6 is 0 Å². The van der Waals surface area contributed by atoms with Gasteiger partial charge in [0.2, 0.25) is 0 Å². The second-order valence-electron chi connectivity index (χ2n) is 12.2. The molecule has 230 valence electrons. The fourth-order valence-corrected chi connectivity index (χ4v) is 6.73. The molecule has 2 aliphatic rings. The highest BCUT2D eigenvalue weighted by Crippen LogP contribution is 2.53. The van der Waals surface area contributed by atoms with Crippen molar-refractivity contribution in [1.82, 2.24) is 4.90 Å². The van der Waals surface area contributed by atoms with Crippen LogP contribution in [-0.2, 0) is 19.8 Å². The Morgan fingerprint density at radius 2 is 1.58 bits per heavy atom. The smallest absolute Gasteiger partial charge is 0.338 e. The minimum Gasteiger partial charge on any atom is -0.379 e. The number of ketones is 1. The lowest BCUT2D eigenvalue weighted by Gasteiger charge is -2.39. The molecule has 0 bridgehead atoms. The topological polar surface area (TPSA) is 68.2 Å². The van der Waals surface area contributed by atoms with Crippen LogP contribution in [0.5, 0.6) is 0 Å². The molecule has 0 aromatic heterocycles. The first-order chi connectivity index (χ1) is 20.7. The Bertz CT molecular complexity index is 1360. The SMILES string of the molecule is C=CCCCCC/C(=N\OC(=O)CC=C)c1ccc2c(c1)-c1cc(C(=O)C(C)(C)N3CCOCC3)ccc1C2(CC)CC. The molecule has 43 heavy (non-hydrogen) atoms. The molecule has 1 fully saturated rings. The number of nitrogens with zero attached hydrogens (tertiary/aromatic N) is 2. The zero-order valence-electron chi connectivity index (χ0n) is 26.5. The van der Waals surface area contributed by atoms with Crippen molar-refractivity contribution in [1.29, 1.82) is 0 Å². The number of Topliss-reactive ketones (excluding diaryl/α,β-unsaturated/α-hetero) is 1. The quantitative estimate of drug-likeness (QED) is 0.0529. The summed E-state index contributed by atoms with van der Waals surface area (Å²) < 4.78 is 5.54. The largest absolute Gasteiger partial charge is 0.379 e. The summed E-state index contributed by atoms with van der Waals surface area (Å²) in [7, 11) is 0. The van der Waals surface area contributed by atoms with Crippen LogP contribution in [0.4, 0.5) is 0 Å². The lowest BCUT2D eigenvalue weighted by Crippen LogP contribution is -2.54. The van der Waals surface area contributed by atoms with E-state index < -0.39 is 11.5 Å². The number of morpholine rings is 1. The number of rotatable bonds is 15. The lowest BCUT2D eigenvalue weighted by atomic mass is 9.73. The molecule has 4 rings (SSSR count). The fraction of sp³-hybridized carbons (Fsp3) is 0.486. The maximum absolute atomic E-state index is 14.0. The van der Waals surface area contributed by atoms with Crippen LogP contribution in [-0.4, -0.2) is 54.2 Å². The number of fused-ring (bicyclic) bond motifs is 3. The number of hydrogen-bond donors (Lipinski definition) is 0. The van der Waals surface area contributed by atoms with Gasteiger partial charge in [-0.25, -0.2) is 4.79 Å². The number of allylic oxidation sites excluding steroid dienone is 1. The van der Waals surface area contributed by atoms with Crippen LogP contribution in [0, 0.1) is 0 Å². The van der Waals surface area contributed by atoms with Crippen molar-refractivity contribution in [2.24, 2.45) is 5.16 Å². The molecule has 6 nitrogen and oxygen atoms in total. The van der Waals surface area contributed by atoms with E-state index in [2.05, 4.69) is 67.4 Å². The number of unbranched alkanes of at least 4 members (excludes halogenated alkanes) is 3. The van der Waals surface area contributed by atoms with Crippen LogP contribution in [0.25, 0.3) is 11.1 Å². The van der Waals surface area contributed by atoms with Gasteiger partial charge in [-0.1, -0.05) is 61.8 Å². The molecule has 2 aromatic carbocycles. The van der Waals surface area contributed by atoms with Crippen LogP contribution in [0.1, 0.15) is 106 Å². The minimum absolute atomic E-state index is 0.112. The Morgan fingerprint density at radius 1 is 0.953 bits per heavy atom. The fourth-order valence-electron chi connectivity index (χ4n) is 6.73. The molecular weight excluding hydrogens is 536 g/mol. The van der Waals surface area contributed by atoms with Crippen molar-refractivity contribution in [3.8, 4) is 11.1 Å². The maximum Gasteiger partial charge on any atom is 0.338 e. The van der Waals surface area contributed by atoms with Crippen LogP contribution in [0.3, 0.4) is 0 Å². The molecule has 1 heterocycles. The van der Waals surface area contributed by atoms with Gasteiger partial charge in [-0.05, 0) is 92.3 Å². The number of carbonyl (C=O) groups excluding carboxylic acids is 2. The van der Waals surface area contributed by atoms with Crippen LogP contribution in [0.15, 0.2) is 66.9 Å². The molecule has 0 unspecified atom stereocenters. The van der Waals surface area contributed by atoms with E-state index in [1.165, 1.54) is 17.2 Å². The summed E-state index contributed by atoms with van der Waals surface area (Å²) in [6, 6.07) is 12.8. The van der Waals surface area contributed by atoms with Gasteiger partial charge in [-0.3, -0.25) is 9.69 Å². The Kier molecular flexibility index (Phi) is 10.9. The average molecular weight is 585 g/mol. The Hall–Kier alpha value is -3.35. The summed E-state index contributed by atoms with van der Waals surface area (Å²) in [6.07, 6.45) is 10.2. The average Bonchev–Trinajstić information content (AvgIpc) is 3.31. The zero-order chi connectivity index (χ0) is 31.0. The molecule has 0 spiro atoms. The minimum atomic E-state index is -0.630. The van der Waals surface area contributed by atoms with Crippen molar-refractivity contribution >= 4 is 17.5 Å². The normalized spacial score (nSPS) is 16.3. The molecule has 1 aliphatic carbocycles. The summed E-state index contributed by atoms with van der Waals surface area (Å²) in [5.41, 5.74) is 6.46. The van der Waals surface area contributed by atoms with E-state index in [1.54, 1.807) is 0 Å². The standard InChI is InChI=1S/C37H48N2O4/c1-7-11-12-13-14-16-33(38-43-34(40)15-8-2)27-17-19-31-29(25-27)30-26-28(18-20-32(30)37(31,9-3)10-4)35(41)36(5,6)39-21-23-42-24-22-39/h7-8,17-20,25-26H,1-2,9-16,21-24H2,3-6H3/b38-33+. The second-order valence-corrected chi connectivity index (χ2v) is 12.2. The van der Waals surface area contributed by atoms with Gasteiger partial charge in [-0.2, -0.15) is 0 Å². The summed E-state index contributed by atoms with van der Waals surface area (Å²) >= 11 is 0. The monoisotopic (exact) mass is 584 g/mol. The highest BCUT2D eigenvalue weighted by Gasteiger charge is 2.42. The van der Waals surface area contributed by atoms with Crippen molar-refractivity contribution in [3.05, 3.63) is 84.0 Å². The molecule has 0 saturated carbocycles. The summed E-state index contributed by atoms with van der Waals surface area (Å²) in [5, 5.41) is 4.35. The van der Waals surface area contributed by atoms with Crippen molar-refractivity contribution in [2.75, 3.05) is 26.3 Å². The predicted molar refractivity (Wildman–Crippen MR) is 175 cm³/mol. The highest BCUT2D eigenvalue weighted by atomic mass is 16.7. The van der Waals surface area contributed by atoms with Crippen LogP contribution < -0.4 is 0 Å². The molecule has 0 atom stereocenters. The molecular formula is C37H48N2O4. The van der Waals surface area contributed by atoms with Crippen LogP contribution in [0.2, 0.25) is 0 Å². The third-order valence-electron chi connectivity index (χ3n) is 9.41. The van der Waals surface area contributed by atoms with Gasteiger partial charge in [0.05, 0.1) is 30.9 Å². The molecule has 6 heteroatoms. The molecule has 1 saturated heterocycles. The maximum atomic E-state index is 14.0. The van der Waals surface area contributed by atoms with E-state index in [4.69, 9.17) is 9.57 Å². The second kappa shape index (κ2) is 14.4. The number of hydrogen-bond acceptors (Lipinski definition) is 6. The Morgan fingerprint density at radius 3 is 2.19 bits per heavy atom. The number of ether oxygens (including phenoxy) is 1. The number of carbonyl (C=O) groups is 2. The van der Waals surface area contributed by atoms with Crippen molar-refractivity contribution in [3.63, 3.8) is 0 Å². The van der Waals surface area contributed by atoms with E-state index in [0.717, 1.165) is 79.6 Å². The Labute approximate surface area is 257 Å². The van der Waals surface area contributed by atoms with Gasteiger partial charge in [0.1, 0.15) is 0 Å². The molecule has 1 aliphatic heterocycles. The molecule has 0 radical (unpaired) electrons. The van der Waals surface area contributed by atoms with Crippen molar-refractivity contribution in [2.45, 2.75) is 90.0 Å². The van der Waals surface area contributed by atoms with Gasteiger partial charge in [0.15, 0.2) is 5.78 Å². The third-order valence-corrected chi connectivity index (χ3v) is 9.41. The van der Waals surface area contributed by atoms with E-state index >= 15 is 0 Å². The first kappa shape index (κ1) is 32.6. The summed E-state index contributed by atoms with van der Waals surface area (Å²) in [5.74, 6) is -0.302. The van der Waals surface area contributed by atoms with Crippen molar-refractivity contribution < 1.29 is 19.2 Å². The van der Waals surface area contributed by atoms with E-state index in [9.17, 15) is 9.59 Å². The zero-order valence-corrected chi connectivity index (χ0v) is 26.5. The van der Waals surface area contributed by atoms with E-state index in [0.29, 0.717) is 19.6 Å². The summed E-state index contributed by atoms with van der Waals surface area (Å²) in [6.45, 7) is 18.8. The third kappa shape index (κ3) is 6.76. The molecule has 2 aromatic rings. The van der Waals surface area contributed by atoms with Gasteiger partial charge >= 0.3 is 5.97 Å². The lowest BCUT2D eigenvalue weighted by molar-refractivity contribution is -0.142. The number of benzene rings is 2. The van der Waals surface area contributed by atoms with Gasteiger partial charge < -0.3 is 9.57 Å². The van der Waals surface area contributed by atoms with E-state index in [-0.39, 0.29) is 17.6 Å². The predicted octanol–water partition coefficient (Wildman–Crippen LogP) is 8.03. The molecule has 0 amide bonds. The first-order valence-electron chi connectivity index (χ1n) is 15.9. The van der Waals surface area contributed by atoms with Gasteiger partial charge in [-0.15, -0.1) is 13.2 Å². The van der Waals surface area contributed by atoms with Gasteiger partial charge in [0.25, 0.3) is 0 Å². The summed E-state index contributed by atoms with van der Waals surface area (Å²) in [4.78, 5) is 33.7. The van der Waals surface area contributed by atoms with E-state index in [1.807, 2.05) is 26.0 Å². The first-order valence-corrected chi connectivity index (χ1v) is 15.9. The highest BCUT2D eigenvalue weighted by molar-refractivity contribution is 6.05. The van der Waals surface area contributed by atoms with Gasteiger partial charge in [0, 0.05) is 24.1 Å². The molecule has 0 N–H and O–H groups in total.